The minimum absolute atomic E-state index is 0. The van der Waals surface area contributed by atoms with Gasteiger partial charge in [0.2, 0.25) is 0 Å². The first-order chi connectivity index (χ1) is 10.3. The van der Waals surface area contributed by atoms with Crippen LogP contribution >= 0.6 is 0 Å². The Balaban J connectivity index is 0. The second-order valence-corrected chi connectivity index (χ2v) is 5.10. The average molecular weight is 357 g/mol. The zero-order valence-electron chi connectivity index (χ0n) is 15.3. The summed E-state index contributed by atoms with van der Waals surface area (Å²) in [5, 5.41) is 10.3. The quantitative estimate of drug-likeness (QED) is 0.445. The van der Waals surface area contributed by atoms with Crippen LogP contribution in [0.5, 0.6) is 0 Å². The molecule has 3 aromatic rings. The van der Waals surface area contributed by atoms with E-state index in [0.29, 0.717) is 0 Å². The van der Waals surface area contributed by atoms with Gasteiger partial charge in [0, 0.05) is 6.61 Å². The number of benzene rings is 2. The second kappa shape index (κ2) is 13.1. The maximum absolute atomic E-state index is 7.57. The standard InChI is InChI=1S/C18H17.C2H6O.2CH3.Ti/c1-2-7-14-12-16-10-6-11-17(18(16)13-14)15-8-4-3-5-9-15;1-2-3;;;/h3-6,8-13H,2,7H2,1H3;3H,2H2,1H3;2*1H3;/q-1;;2*-1;+3. The van der Waals surface area contributed by atoms with Crippen molar-refractivity contribution in [3.05, 3.63) is 81.1 Å². The van der Waals surface area contributed by atoms with Crippen molar-refractivity contribution in [3.8, 4) is 11.1 Å². The van der Waals surface area contributed by atoms with E-state index in [1.54, 1.807) is 6.92 Å². The molecule has 1 radical (unpaired) electrons. The topological polar surface area (TPSA) is 20.2 Å². The fourth-order valence-electron chi connectivity index (χ4n) is 2.60. The van der Waals surface area contributed by atoms with Crippen molar-refractivity contribution in [2.24, 2.45) is 0 Å². The number of aliphatic hydroxyl groups is 1. The molecule has 0 aliphatic carbocycles. The molecular weight excluding hydrogens is 328 g/mol. The van der Waals surface area contributed by atoms with Crippen LogP contribution in [-0.4, -0.2) is 11.7 Å². The van der Waals surface area contributed by atoms with Crippen LogP contribution in [0.3, 0.4) is 0 Å². The number of rotatable bonds is 3. The smallest absolute Gasteiger partial charge is 0.397 e. The zero-order chi connectivity index (χ0) is 15.1. The largest absolute Gasteiger partial charge is 3.00 e. The monoisotopic (exact) mass is 357 g/mol. The van der Waals surface area contributed by atoms with Crippen LogP contribution in [0.1, 0.15) is 25.8 Å². The van der Waals surface area contributed by atoms with Gasteiger partial charge in [0.1, 0.15) is 0 Å². The van der Waals surface area contributed by atoms with Crippen LogP contribution in [0.4, 0.5) is 0 Å². The predicted octanol–water partition coefficient (Wildman–Crippen LogP) is 6.07. The van der Waals surface area contributed by atoms with Gasteiger partial charge < -0.3 is 20.0 Å². The van der Waals surface area contributed by atoms with Crippen molar-refractivity contribution in [3.63, 3.8) is 0 Å². The molecule has 0 aliphatic rings. The Bertz CT molecular complexity index is 671. The van der Waals surface area contributed by atoms with Crippen molar-refractivity contribution in [1.82, 2.24) is 0 Å². The van der Waals surface area contributed by atoms with E-state index in [2.05, 4.69) is 67.6 Å². The van der Waals surface area contributed by atoms with E-state index >= 15 is 0 Å². The molecule has 0 aromatic heterocycles. The molecule has 0 unspecified atom stereocenters. The molecule has 0 heterocycles. The van der Waals surface area contributed by atoms with Gasteiger partial charge in [0.15, 0.2) is 0 Å². The summed E-state index contributed by atoms with van der Waals surface area (Å²) in [5.41, 5.74) is 4.10. The summed E-state index contributed by atoms with van der Waals surface area (Å²) < 4.78 is 0. The van der Waals surface area contributed by atoms with E-state index in [-0.39, 0.29) is 43.2 Å². The van der Waals surface area contributed by atoms with Crippen molar-refractivity contribution in [1.29, 1.82) is 0 Å². The van der Waals surface area contributed by atoms with Gasteiger partial charge in [-0.25, -0.2) is 0 Å². The first-order valence-electron chi connectivity index (χ1n) is 7.64. The maximum Gasteiger partial charge on any atom is 3.00 e. The Morgan fingerprint density at radius 1 is 0.917 bits per heavy atom. The summed E-state index contributed by atoms with van der Waals surface area (Å²) in [6.45, 7) is 4.16. The van der Waals surface area contributed by atoms with Gasteiger partial charge in [-0.15, -0.1) is 34.5 Å². The fourth-order valence-corrected chi connectivity index (χ4v) is 2.60. The molecular formula is C22H29OTi. The molecule has 0 fully saturated rings. The molecule has 0 amide bonds. The van der Waals surface area contributed by atoms with Crippen LogP contribution in [0.25, 0.3) is 21.9 Å². The van der Waals surface area contributed by atoms with Crippen molar-refractivity contribution < 1.29 is 26.8 Å². The normalized spacial score (nSPS) is 8.96. The molecule has 1 N–H and O–H groups in total. The van der Waals surface area contributed by atoms with Gasteiger partial charge in [-0.1, -0.05) is 55.3 Å². The van der Waals surface area contributed by atoms with Crippen molar-refractivity contribution >= 4 is 10.8 Å². The third-order valence-electron chi connectivity index (χ3n) is 3.43. The molecule has 2 heteroatoms. The molecule has 24 heavy (non-hydrogen) atoms. The maximum atomic E-state index is 7.57. The summed E-state index contributed by atoms with van der Waals surface area (Å²) >= 11 is 0. The second-order valence-electron chi connectivity index (χ2n) is 5.10. The number of aryl methyl sites for hydroxylation is 1. The summed E-state index contributed by atoms with van der Waals surface area (Å²) in [6, 6.07) is 21.9. The fraction of sp³-hybridized carbons (Fsp3) is 0.227. The van der Waals surface area contributed by atoms with Crippen molar-refractivity contribution in [2.45, 2.75) is 26.7 Å². The third-order valence-corrected chi connectivity index (χ3v) is 3.43. The summed E-state index contributed by atoms with van der Waals surface area (Å²) in [5.74, 6) is 0. The molecule has 0 saturated carbocycles. The minimum atomic E-state index is 0. The molecule has 127 valence electrons. The van der Waals surface area contributed by atoms with E-state index in [1.165, 1.54) is 40.3 Å². The van der Waals surface area contributed by atoms with Crippen LogP contribution in [0, 0.1) is 14.9 Å². The zero-order valence-corrected chi connectivity index (χ0v) is 16.9. The van der Waals surface area contributed by atoms with Crippen LogP contribution in [0.15, 0.2) is 60.7 Å². The van der Waals surface area contributed by atoms with Crippen LogP contribution in [0.2, 0.25) is 0 Å². The first-order valence-corrected chi connectivity index (χ1v) is 7.64. The molecule has 0 spiro atoms. The van der Waals surface area contributed by atoms with E-state index in [4.69, 9.17) is 5.11 Å². The van der Waals surface area contributed by atoms with Crippen LogP contribution in [-0.2, 0) is 28.1 Å². The Kier molecular flexibility index (Phi) is 13.6. The average Bonchev–Trinajstić information content (AvgIpc) is 2.91. The molecule has 1 nitrogen and oxygen atoms in total. The van der Waals surface area contributed by atoms with Gasteiger partial charge in [-0.05, 0) is 18.9 Å². The van der Waals surface area contributed by atoms with E-state index in [0.717, 1.165) is 0 Å². The summed E-state index contributed by atoms with van der Waals surface area (Å²) in [4.78, 5) is 0. The van der Waals surface area contributed by atoms with E-state index < -0.39 is 0 Å². The summed E-state index contributed by atoms with van der Waals surface area (Å²) in [7, 11) is 0. The van der Waals surface area contributed by atoms with Gasteiger partial charge in [-0.3, -0.25) is 0 Å². The molecule has 3 rings (SSSR count). The molecule has 3 aromatic carbocycles. The SMILES string of the molecule is CCCc1cc2c(-c3ccccc3)cccc2[cH-]1.CCO.[CH3-].[CH3-].[Ti+3]. The number of hydrogen-bond acceptors (Lipinski definition) is 1. The van der Waals surface area contributed by atoms with E-state index in [9.17, 15) is 0 Å². The summed E-state index contributed by atoms with van der Waals surface area (Å²) in [6.07, 6.45) is 2.37. The van der Waals surface area contributed by atoms with Gasteiger partial charge in [-0.2, -0.15) is 6.07 Å². The number of hydrogen-bond donors (Lipinski definition) is 1. The minimum Gasteiger partial charge on any atom is -0.397 e. The first kappa shape index (κ1) is 25.0. The Morgan fingerprint density at radius 3 is 2.12 bits per heavy atom. The van der Waals surface area contributed by atoms with E-state index in [1.807, 2.05) is 0 Å². The molecule has 0 atom stereocenters. The van der Waals surface area contributed by atoms with Crippen molar-refractivity contribution in [2.75, 3.05) is 6.61 Å². The predicted molar refractivity (Wildman–Crippen MR) is 105 cm³/mol. The molecule has 0 saturated heterocycles. The molecule has 0 aliphatic heterocycles. The van der Waals surface area contributed by atoms with Gasteiger partial charge >= 0.3 is 21.7 Å². The Hall–Kier alpha value is -1.28. The van der Waals surface area contributed by atoms with Gasteiger partial charge in [0.25, 0.3) is 0 Å². The van der Waals surface area contributed by atoms with Crippen LogP contribution < -0.4 is 0 Å². The Morgan fingerprint density at radius 2 is 1.54 bits per heavy atom. The molecule has 0 bridgehead atoms. The number of aliphatic hydroxyl groups excluding tert-OH is 1. The van der Waals surface area contributed by atoms with Gasteiger partial charge in [0.05, 0.1) is 0 Å². The third kappa shape index (κ3) is 6.32. The Labute approximate surface area is 163 Å². The number of fused-ring (bicyclic) bond motifs is 1.